The number of carbonyl (C=O) groups excluding carboxylic acids is 1. The maximum absolute atomic E-state index is 12.3. The summed E-state index contributed by atoms with van der Waals surface area (Å²) in [4.78, 5) is 12.3. The highest BCUT2D eigenvalue weighted by Gasteiger charge is 2.18. The Balaban J connectivity index is 2.01. The fraction of sp³-hybridized carbons (Fsp3) is 0.611. The van der Waals surface area contributed by atoms with Gasteiger partial charge in [-0.15, -0.1) is 0 Å². The van der Waals surface area contributed by atoms with Crippen LogP contribution in [0.1, 0.15) is 52.4 Å². The van der Waals surface area contributed by atoms with Gasteiger partial charge in [-0.05, 0) is 44.7 Å². The first kappa shape index (κ1) is 16.7. The highest BCUT2D eigenvalue weighted by atomic mass is 16.5. The van der Waals surface area contributed by atoms with Crippen molar-refractivity contribution in [1.82, 2.24) is 0 Å². The minimum atomic E-state index is 0.0708. The van der Waals surface area contributed by atoms with Crippen molar-refractivity contribution in [3.05, 3.63) is 18.2 Å². The Bertz CT molecular complexity index is 481. The van der Waals surface area contributed by atoms with Crippen molar-refractivity contribution in [3.63, 3.8) is 0 Å². The van der Waals surface area contributed by atoms with Crippen molar-refractivity contribution >= 4 is 11.6 Å². The molecule has 0 bridgehead atoms. The monoisotopic (exact) mass is 305 g/mol. The third kappa shape index (κ3) is 4.93. The van der Waals surface area contributed by atoms with Crippen LogP contribution in [0, 0.1) is 5.92 Å². The first-order valence-corrected chi connectivity index (χ1v) is 8.42. The molecule has 1 fully saturated rings. The Labute approximate surface area is 133 Å². The van der Waals surface area contributed by atoms with Gasteiger partial charge in [0.2, 0.25) is 5.91 Å². The summed E-state index contributed by atoms with van der Waals surface area (Å²) >= 11 is 0. The van der Waals surface area contributed by atoms with Gasteiger partial charge in [0.05, 0.1) is 18.9 Å². The molecule has 0 atom stereocenters. The summed E-state index contributed by atoms with van der Waals surface area (Å²) in [6.07, 6.45) is 6.76. The SMILES string of the molecule is CCOc1ccc(OCC)c(NC(=O)CC2CCCCC2)c1. The maximum Gasteiger partial charge on any atom is 0.224 e. The molecule has 1 aromatic rings. The molecule has 2 rings (SSSR count). The van der Waals surface area contributed by atoms with E-state index in [1.807, 2.05) is 32.0 Å². The first-order chi connectivity index (χ1) is 10.7. The third-order valence-electron chi connectivity index (χ3n) is 4.03. The summed E-state index contributed by atoms with van der Waals surface area (Å²) in [6, 6.07) is 5.56. The number of rotatable bonds is 7. The Hall–Kier alpha value is -1.71. The normalized spacial score (nSPS) is 15.4. The van der Waals surface area contributed by atoms with Gasteiger partial charge in [0.15, 0.2) is 0 Å². The number of hydrogen-bond acceptors (Lipinski definition) is 3. The van der Waals surface area contributed by atoms with Gasteiger partial charge < -0.3 is 14.8 Å². The number of benzene rings is 1. The molecule has 0 unspecified atom stereocenters. The van der Waals surface area contributed by atoms with E-state index < -0.39 is 0 Å². The summed E-state index contributed by atoms with van der Waals surface area (Å²) in [5.41, 5.74) is 0.702. The summed E-state index contributed by atoms with van der Waals surface area (Å²) < 4.78 is 11.1. The van der Waals surface area contributed by atoms with Crippen LogP contribution in [-0.4, -0.2) is 19.1 Å². The lowest BCUT2D eigenvalue weighted by Gasteiger charge is -2.21. The second-order valence-electron chi connectivity index (χ2n) is 5.78. The number of hydrogen-bond donors (Lipinski definition) is 1. The zero-order valence-electron chi connectivity index (χ0n) is 13.7. The Morgan fingerprint density at radius 1 is 1.14 bits per heavy atom. The predicted molar refractivity (Wildman–Crippen MR) is 88.6 cm³/mol. The standard InChI is InChI=1S/C18H27NO3/c1-3-21-15-10-11-17(22-4-2)16(13-15)19-18(20)12-14-8-6-5-7-9-14/h10-11,13-14H,3-9,12H2,1-2H3,(H,19,20). The fourth-order valence-electron chi connectivity index (χ4n) is 3.00. The zero-order chi connectivity index (χ0) is 15.8. The molecule has 0 spiro atoms. The van der Waals surface area contributed by atoms with Crippen LogP contribution in [-0.2, 0) is 4.79 Å². The molecule has 4 heteroatoms. The second kappa shape index (κ2) is 8.66. The van der Waals surface area contributed by atoms with Gasteiger partial charge >= 0.3 is 0 Å². The van der Waals surface area contributed by atoms with Gasteiger partial charge in [0.1, 0.15) is 11.5 Å². The van der Waals surface area contributed by atoms with Crippen LogP contribution in [0.2, 0.25) is 0 Å². The molecule has 122 valence electrons. The number of nitrogens with one attached hydrogen (secondary N) is 1. The Kier molecular flexibility index (Phi) is 6.56. The largest absolute Gasteiger partial charge is 0.494 e. The maximum atomic E-state index is 12.3. The molecule has 1 aliphatic carbocycles. The molecule has 1 saturated carbocycles. The molecule has 4 nitrogen and oxygen atoms in total. The summed E-state index contributed by atoms with van der Waals surface area (Å²) in [5, 5.41) is 3.00. The molecule has 0 aromatic heterocycles. The lowest BCUT2D eigenvalue weighted by molar-refractivity contribution is -0.117. The minimum absolute atomic E-state index is 0.0708. The van der Waals surface area contributed by atoms with E-state index in [0.717, 1.165) is 5.75 Å². The van der Waals surface area contributed by atoms with E-state index in [9.17, 15) is 4.79 Å². The summed E-state index contributed by atoms with van der Waals surface area (Å²) in [5.74, 6) is 2.04. The average Bonchev–Trinajstić information content (AvgIpc) is 2.51. The molecule has 22 heavy (non-hydrogen) atoms. The van der Waals surface area contributed by atoms with Crippen molar-refractivity contribution in [2.75, 3.05) is 18.5 Å². The number of ether oxygens (including phenoxy) is 2. The van der Waals surface area contributed by atoms with E-state index in [1.165, 1.54) is 32.1 Å². The van der Waals surface area contributed by atoms with E-state index in [0.29, 0.717) is 37.0 Å². The molecule has 0 saturated heterocycles. The minimum Gasteiger partial charge on any atom is -0.494 e. The molecule has 0 heterocycles. The summed E-state index contributed by atoms with van der Waals surface area (Å²) in [7, 11) is 0. The molecule has 0 aliphatic heterocycles. The molecular formula is C18H27NO3. The summed E-state index contributed by atoms with van der Waals surface area (Å²) in [6.45, 7) is 5.05. The molecule has 1 N–H and O–H groups in total. The van der Waals surface area contributed by atoms with Crippen LogP contribution in [0.4, 0.5) is 5.69 Å². The van der Waals surface area contributed by atoms with Crippen molar-refractivity contribution in [1.29, 1.82) is 0 Å². The van der Waals surface area contributed by atoms with E-state index in [4.69, 9.17) is 9.47 Å². The molecule has 1 aliphatic rings. The fourth-order valence-corrected chi connectivity index (χ4v) is 3.00. The van der Waals surface area contributed by atoms with E-state index in [1.54, 1.807) is 0 Å². The lowest BCUT2D eigenvalue weighted by Crippen LogP contribution is -2.18. The Morgan fingerprint density at radius 3 is 2.55 bits per heavy atom. The van der Waals surface area contributed by atoms with Crippen LogP contribution in [0.5, 0.6) is 11.5 Å². The van der Waals surface area contributed by atoms with Crippen LogP contribution in [0.25, 0.3) is 0 Å². The van der Waals surface area contributed by atoms with E-state index in [2.05, 4.69) is 5.32 Å². The second-order valence-corrected chi connectivity index (χ2v) is 5.78. The van der Waals surface area contributed by atoms with Crippen LogP contribution in [0.15, 0.2) is 18.2 Å². The van der Waals surface area contributed by atoms with Gasteiger partial charge in [-0.25, -0.2) is 0 Å². The topological polar surface area (TPSA) is 47.6 Å². The third-order valence-corrected chi connectivity index (χ3v) is 4.03. The zero-order valence-corrected chi connectivity index (χ0v) is 13.7. The average molecular weight is 305 g/mol. The van der Waals surface area contributed by atoms with E-state index >= 15 is 0 Å². The molecule has 1 amide bonds. The van der Waals surface area contributed by atoms with E-state index in [-0.39, 0.29) is 5.91 Å². The van der Waals surface area contributed by atoms with Crippen LogP contribution >= 0.6 is 0 Å². The van der Waals surface area contributed by atoms with Crippen molar-refractivity contribution < 1.29 is 14.3 Å². The van der Waals surface area contributed by atoms with Gasteiger partial charge in [-0.1, -0.05) is 19.3 Å². The van der Waals surface area contributed by atoms with Crippen LogP contribution in [0.3, 0.4) is 0 Å². The Morgan fingerprint density at radius 2 is 1.86 bits per heavy atom. The number of anilines is 1. The number of amides is 1. The smallest absolute Gasteiger partial charge is 0.224 e. The van der Waals surface area contributed by atoms with Gasteiger partial charge in [-0.2, -0.15) is 0 Å². The highest BCUT2D eigenvalue weighted by molar-refractivity contribution is 5.92. The lowest BCUT2D eigenvalue weighted by atomic mass is 9.87. The van der Waals surface area contributed by atoms with Gasteiger partial charge in [-0.3, -0.25) is 4.79 Å². The van der Waals surface area contributed by atoms with Crippen molar-refractivity contribution in [2.24, 2.45) is 5.92 Å². The molecule has 1 aromatic carbocycles. The van der Waals surface area contributed by atoms with Crippen LogP contribution < -0.4 is 14.8 Å². The number of carbonyl (C=O) groups is 1. The van der Waals surface area contributed by atoms with Gasteiger partial charge in [0.25, 0.3) is 0 Å². The first-order valence-electron chi connectivity index (χ1n) is 8.42. The van der Waals surface area contributed by atoms with Gasteiger partial charge in [0, 0.05) is 12.5 Å². The molecule has 0 radical (unpaired) electrons. The van der Waals surface area contributed by atoms with Crippen molar-refractivity contribution in [3.8, 4) is 11.5 Å². The highest BCUT2D eigenvalue weighted by Crippen LogP contribution is 2.31. The van der Waals surface area contributed by atoms with Crippen molar-refractivity contribution in [2.45, 2.75) is 52.4 Å². The predicted octanol–water partition coefficient (Wildman–Crippen LogP) is 4.39. The molecular weight excluding hydrogens is 278 g/mol. The quantitative estimate of drug-likeness (QED) is 0.812.